The highest BCUT2D eigenvalue weighted by atomic mass is 16.3. The van der Waals surface area contributed by atoms with Crippen LogP contribution in [0, 0.1) is 6.92 Å². The van der Waals surface area contributed by atoms with E-state index in [0.29, 0.717) is 0 Å². The molecule has 0 aromatic heterocycles. The number of carbonyl (C=O) groups is 1. The van der Waals surface area contributed by atoms with E-state index in [1.807, 2.05) is 31.2 Å². The Kier molecular flexibility index (Phi) is 5.01. The Morgan fingerprint density at radius 2 is 1.70 bits per heavy atom. The first kappa shape index (κ1) is 17.8. The minimum atomic E-state index is -1.25. The molecule has 1 atom stereocenters. The molecule has 128 valence electrons. The van der Waals surface area contributed by atoms with E-state index in [9.17, 15) is 9.90 Å². The number of anilines is 1. The average molecular weight is 319 g/mol. The largest absolute Gasteiger partial charge is 0.366 e. The van der Waals surface area contributed by atoms with Crippen molar-refractivity contribution in [2.45, 2.75) is 70.8 Å². The second-order valence-electron chi connectivity index (χ2n) is 7.92. The molecule has 0 spiro atoms. The summed E-state index contributed by atoms with van der Waals surface area (Å²) in [7, 11) is 0. The lowest BCUT2D eigenvalue weighted by atomic mass is 9.79. The molecule has 1 saturated heterocycles. The summed E-state index contributed by atoms with van der Waals surface area (Å²) < 4.78 is 0. The molecule has 2 rings (SSSR count). The van der Waals surface area contributed by atoms with Crippen LogP contribution in [0.2, 0.25) is 0 Å². The molecule has 1 unspecified atom stereocenters. The highest BCUT2D eigenvalue weighted by Gasteiger charge is 2.38. The maximum Gasteiger partial charge on any atom is 0.270 e. The summed E-state index contributed by atoms with van der Waals surface area (Å²) in [6, 6.07) is 7.61. The summed E-state index contributed by atoms with van der Waals surface area (Å²) in [5.74, 6) is -0.385. The van der Waals surface area contributed by atoms with E-state index < -0.39 is 6.23 Å². The number of hydrogen-bond donors (Lipinski definition) is 4. The normalized spacial score (nSPS) is 21.5. The average Bonchev–Trinajstić information content (AvgIpc) is 2.37. The van der Waals surface area contributed by atoms with Crippen LogP contribution in [0.1, 0.15) is 46.1 Å². The van der Waals surface area contributed by atoms with Gasteiger partial charge in [0, 0.05) is 22.8 Å². The second kappa shape index (κ2) is 6.49. The number of rotatable bonds is 4. The predicted molar refractivity (Wildman–Crippen MR) is 93.3 cm³/mol. The third-order valence-electron chi connectivity index (χ3n) is 4.14. The van der Waals surface area contributed by atoms with Gasteiger partial charge in [-0.3, -0.25) is 4.79 Å². The quantitative estimate of drug-likeness (QED) is 0.642. The Balaban J connectivity index is 1.94. The van der Waals surface area contributed by atoms with E-state index in [1.165, 1.54) is 0 Å². The summed E-state index contributed by atoms with van der Waals surface area (Å²) >= 11 is 0. The van der Waals surface area contributed by atoms with E-state index >= 15 is 0 Å². The van der Waals surface area contributed by atoms with E-state index in [1.54, 1.807) is 0 Å². The van der Waals surface area contributed by atoms with Crippen molar-refractivity contribution in [1.29, 1.82) is 0 Å². The van der Waals surface area contributed by atoms with Crippen LogP contribution in [0.15, 0.2) is 24.3 Å². The molecular formula is C18H29N3O2. The van der Waals surface area contributed by atoms with Crippen molar-refractivity contribution in [3.05, 3.63) is 29.8 Å². The molecule has 4 N–H and O–H groups in total. The number of benzene rings is 1. The highest BCUT2D eigenvalue weighted by Crippen LogP contribution is 2.28. The molecular weight excluding hydrogens is 290 g/mol. The van der Waals surface area contributed by atoms with Gasteiger partial charge in [-0.2, -0.15) is 0 Å². The zero-order valence-corrected chi connectivity index (χ0v) is 14.7. The molecule has 1 aliphatic heterocycles. The Hall–Kier alpha value is -1.59. The first-order valence-corrected chi connectivity index (χ1v) is 8.17. The summed E-state index contributed by atoms with van der Waals surface area (Å²) in [4.78, 5) is 12.3. The third-order valence-corrected chi connectivity index (χ3v) is 4.14. The van der Waals surface area contributed by atoms with E-state index in [0.717, 1.165) is 24.1 Å². The van der Waals surface area contributed by atoms with Gasteiger partial charge in [-0.05, 0) is 59.6 Å². The zero-order valence-electron chi connectivity index (χ0n) is 14.7. The molecule has 0 saturated carbocycles. The van der Waals surface area contributed by atoms with Gasteiger partial charge >= 0.3 is 0 Å². The van der Waals surface area contributed by atoms with Crippen LogP contribution in [0.4, 0.5) is 5.69 Å². The number of amides is 1. The van der Waals surface area contributed by atoms with Crippen LogP contribution in [0.5, 0.6) is 0 Å². The van der Waals surface area contributed by atoms with Crippen LogP contribution >= 0.6 is 0 Å². The summed E-state index contributed by atoms with van der Waals surface area (Å²) in [6.45, 7) is 10.5. The summed E-state index contributed by atoms with van der Waals surface area (Å²) in [5.41, 5.74) is 1.77. The van der Waals surface area contributed by atoms with Gasteiger partial charge in [0.15, 0.2) is 0 Å². The van der Waals surface area contributed by atoms with Gasteiger partial charge in [0.25, 0.3) is 5.91 Å². The maximum absolute atomic E-state index is 12.3. The topological polar surface area (TPSA) is 73.4 Å². The van der Waals surface area contributed by atoms with Crippen LogP contribution < -0.4 is 16.0 Å². The van der Waals surface area contributed by atoms with Gasteiger partial charge in [0.05, 0.1) is 0 Å². The Morgan fingerprint density at radius 1 is 1.17 bits per heavy atom. The summed E-state index contributed by atoms with van der Waals surface area (Å²) in [5, 5.41) is 19.5. The summed E-state index contributed by atoms with van der Waals surface area (Å²) in [6.07, 6.45) is 0.414. The number of hydrogen-bond acceptors (Lipinski definition) is 4. The minimum absolute atomic E-state index is 0.0446. The van der Waals surface area contributed by atoms with Crippen molar-refractivity contribution in [2.75, 3.05) is 5.32 Å². The van der Waals surface area contributed by atoms with Gasteiger partial charge in [0.2, 0.25) is 6.23 Å². The van der Waals surface area contributed by atoms with Gasteiger partial charge in [0.1, 0.15) is 0 Å². The number of nitrogens with one attached hydrogen (secondary N) is 3. The molecule has 1 aliphatic rings. The molecule has 0 radical (unpaired) electrons. The number of aliphatic hydroxyl groups excluding tert-OH is 1. The third kappa shape index (κ3) is 5.22. The van der Waals surface area contributed by atoms with Crippen molar-refractivity contribution in [1.82, 2.24) is 10.6 Å². The van der Waals surface area contributed by atoms with Crippen LogP contribution in [-0.2, 0) is 4.79 Å². The fraction of sp³-hybridized carbons (Fsp3) is 0.611. The first-order valence-electron chi connectivity index (χ1n) is 8.17. The lowest BCUT2D eigenvalue weighted by Crippen LogP contribution is -2.63. The Morgan fingerprint density at radius 3 is 2.22 bits per heavy atom. The highest BCUT2D eigenvalue weighted by molar-refractivity contribution is 5.83. The first-order chi connectivity index (χ1) is 10.6. The molecule has 5 nitrogen and oxygen atoms in total. The molecule has 1 heterocycles. The molecule has 1 aromatic carbocycles. The number of piperidine rings is 1. The Bertz CT molecular complexity index is 536. The van der Waals surface area contributed by atoms with Crippen molar-refractivity contribution < 1.29 is 9.90 Å². The molecule has 1 amide bonds. The standard InChI is InChI=1S/C18H29N3O2/c1-12-6-8-13(9-7-12)19-15(22)16(23)20-14-10-17(2,3)21-18(4,5)11-14/h6-9,14-15,19,21-22H,10-11H2,1-5H3,(H,20,23). The van der Waals surface area contributed by atoms with Crippen molar-refractivity contribution in [2.24, 2.45) is 0 Å². The molecule has 5 heteroatoms. The van der Waals surface area contributed by atoms with Crippen LogP contribution in [0.25, 0.3) is 0 Å². The van der Waals surface area contributed by atoms with Gasteiger partial charge < -0.3 is 21.1 Å². The SMILES string of the molecule is Cc1ccc(NC(O)C(=O)NC2CC(C)(C)NC(C)(C)C2)cc1. The Labute approximate surface area is 138 Å². The predicted octanol–water partition coefficient (Wildman–Crippen LogP) is 2.15. The lowest BCUT2D eigenvalue weighted by molar-refractivity contribution is -0.129. The molecule has 0 bridgehead atoms. The second-order valence-corrected chi connectivity index (χ2v) is 7.92. The van der Waals surface area contributed by atoms with E-state index in [2.05, 4.69) is 43.6 Å². The van der Waals surface area contributed by atoms with Crippen molar-refractivity contribution in [3.8, 4) is 0 Å². The van der Waals surface area contributed by atoms with Crippen LogP contribution in [0.3, 0.4) is 0 Å². The monoisotopic (exact) mass is 319 g/mol. The maximum atomic E-state index is 12.3. The van der Waals surface area contributed by atoms with Crippen molar-refractivity contribution in [3.63, 3.8) is 0 Å². The molecule has 0 aliphatic carbocycles. The zero-order chi connectivity index (χ0) is 17.3. The fourth-order valence-electron chi connectivity index (χ4n) is 3.58. The number of aryl methyl sites for hydroxylation is 1. The van der Waals surface area contributed by atoms with Crippen molar-refractivity contribution >= 4 is 11.6 Å². The molecule has 1 aromatic rings. The van der Waals surface area contributed by atoms with E-state index in [-0.39, 0.29) is 23.0 Å². The van der Waals surface area contributed by atoms with Gasteiger partial charge in [-0.15, -0.1) is 0 Å². The van der Waals surface area contributed by atoms with Crippen LogP contribution in [-0.4, -0.2) is 34.4 Å². The smallest absolute Gasteiger partial charge is 0.270 e. The lowest BCUT2D eigenvalue weighted by Gasteiger charge is -2.46. The number of carbonyl (C=O) groups excluding carboxylic acids is 1. The fourth-order valence-corrected chi connectivity index (χ4v) is 3.58. The van der Waals surface area contributed by atoms with Gasteiger partial charge in [-0.1, -0.05) is 17.7 Å². The molecule has 23 heavy (non-hydrogen) atoms. The van der Waals surface area contributed by atoms with Gasteiger partial charge in [-0.25, -0.2) is 0 Å². The number of aliphatic hydroxyl groups is 1. The minimum Gasteiger partial charge on any atom is -0.366 e. The van der Waals surface area contributed by atoms with E-state index in [4.69, 9.17) is 0 Å². The molecule has 1 fully saturated rings.